The lowest BCUT2D eigenvalue weighted by Crippen LogP contribution is -1.95. The molecule has 5 heteroatoms. The Morgan fingerprint density at radius 3 is 2.53 bits per heavy atom. The number of anilines is 2. The number of aromatic nitrogens is 2. The van der Waals surface area contributed by atoms with Crippen molar-refractivity contribution in [1.82, 2.24) is 9.97 Å². The minimum atomic E-state index is 0.211. The fourth-order valence-electron chi connectivity index (χ4n) is 1.12. The summed E-state index contributed by atoms with van der Waals surface area (Å²) in [4.78, 5) is 7.95. The summed E-state index contributed by atoms with van der Waals surface area (Å²) in [7, 11) is 0. The summed E-state index contributed by atoms with van der Waals surface area (Å²) in [6, 6.07) is 11.5. The van der Waals surface area contributed by atoms with Crippen LogP contribution >= 0.6 is 27.5 Å². The molecule has 76 valence electrons. The Hall–Kier alpha value is -1.13. The summed E-state index contributed by atoms with van der Waals surface area (Å²) in [6.45, 7) is 0. The molecule has 2 aromatic rings. The zero-order valence-electron chi connectivity index (χ0n) is 7.61. The smallest absolute Gasteiger partial charge is 0.225 e. The first-order chi connectivity index (χ1) is 7.24. The molecule has 1 aromatic heterocycles. The van der Waals surface area contributed by atoms with Gasteiger partial charge in [0.1, 0.15) is 10.4 Å². The second-order valence-corrected chi connectivity index (χ2v) is 3.99. The predicted molar refractivity (Wildman–Crippen MR) is 64.5 cm³/mol. The van der Waals surface area contributed by atoms with Crippen molar-refractivity contribution in [2.24, 2.45) is 0 Å². The first-order valence-corrected chi connectivity index (χ1v) is 5.43. The topological polar surface area (TPSA) is 37.8 Å². The van der Waals surface area contributed by atoms with Gasteiger partial charge < -0.3 is 5.32 Å². The van der Waals surface area contributed by atoms with Gasteiger partial charge in [0, 0.05) is 11.8 Å². The van der Waals surface area contributed by atoms with Gasteiger partial charge in [0.25, 0.3) is 0 Å². The fraction of sp³-hybridized carbons (Fsp3) is 0. The Morgan fingerprint density at radius 1 is 1.13 bits per heavy atom. The molecule has 3 nitrogen and oxygen atoms in total. The van der Waals surface area contributed by atoms with Crippen LogP contribution in [-0.2, 0) is 0 Å². The van der Waals surface area contributed by atoms with Gasteiger partial charge in [-0.1, -0.05) is 18.2 Å². The molecule has 0 saturated heterocycles. The van der Waals surface area contributed by atoms with Crippen molar-refractivity contribution in [1.29, 1.82) is 0 Å². The SMILES string of the molecule is Clc1nc(Br)cc(Nc2ccccc2)n1. The molecule has 0 unspecified atom stereocenters. The summed E-state index contributed by atoms with van der Waals surface area (Å²) < 4.78 is 0.654. The van der Waals surface area contributed by atoms with E-state index in [1.807, 2.05) is 30.3 Å². The van der Waals surface area contributed by atoms with Gasteiger partial charge in [-0.2, -0.15) is 0 Å². The molecule has 15 heavy (non-hydrogen) atoms. The van der Waals surface area contributed by atoms with Crippen LogP contribution in [0.2, 0.25) is 5.28 Å². The van der Waals surface area contributed by atoms with E-state index >= 15 is 0 Å². The number of benzene rings is 1. The lowest BCUT2D eigenvalue weighted by atomic mass is 10.3. The monoisotopic (exact) mass is 283 g/mol. The minimum Gasteiger partial charge on any atom is -0.340 e. The second kappa shape index (κ2) is 4.59. The molecule has 0 saturated carbocycles. The molecule has 0 bridgehead atoms. The van der Waals surface area contributed by atoms with Crippen LogP contribution in [0.1, 0.15) is 0 Å². The average Bonchev–Trinajstić information content (AvgIpc) is 2.17. The third-order valence-electron chi connectivity index (χ3n) is 1.71. The summed E-state index contributed by atoms with van der Waals surface area (Å²) in [5, 5.41) is 3.33. The third-order valence-corrected chi connectivity index (χ3v) is 2.29. The van der Waals surface area contributed by atoms with E-state index in [1.54, 1.807) is 6.07 Å². The number of hydrogen-bond donors (Lipinski definition) is 1. The van der Waals surface area contributed by atoms with Gasteiger partial charge in [0.05, 0.1) is 0 Å². The van der Waals surface area contributed by atoms with E-state index in [0.717, 1.165) is 5.69 Å². The fourth-order valence-corrected chi connectivity index (χ4v) is 1.79. The molecule has 1 aromatic carbocycles. The van der Waals surface area contributed by atoms with E-state index in [2.05, 4.69) is 31.2 Å². The molecule has 0 atom stereocenters. The van der Waals surface area contributed by atoms with Gasteiger partial charge in [-0.25, -0.2) is 9.97 Å². The quantitative estimate of drug-likeness (QED) is 0.676. The largest absolute Gasteiger partial charge is 0.340 e. The molecular weight excluding hydrogens is 277 g/mol. The molecule has 0 aliphatic heterocycles. The van der Waals surface area contributed by atoms with Crippen LogP contribution in [0, 0.1) is 0 Å². The maximum atomic E-state index is 5.72. The Bertz CT molecular complexity index is 441. The standard InChI is InChI=1S/C10H7BrClN3/c11-8-6-9(15-10(12)14-8)13-7-4-2-1-3-5-7/h1-6H,(H,13,14,15). The van der Waals surface area contributed by atoms with Crippen molar-refractivity contribution in [2.75, 3.05) is 5.32 Å². The maximum Gasteiger partial charge on any atom is 0.225 e. The number of rotatable bonds is 2. The minimum absolute atomic E-state index is 0.211. The van der Waals surface area contributed by atoms with Crippen LogP contribution in [0.5, 0.6) is 0 Å². The molecule has 0 fully saturated rings. The summed E-state index contributed by atoms with van der Waals surface area (Å²) >= 11 is 8.97. The van der Waals surface area contributed by atoms with Gasteiger partial charge in [-0.15, -0.1) is 0 Å². The number of para-hydroxylation sites is 1. The summed E-state index contributed by atoms with van der Waals surface area (Å²) in [5.41, 5.74) is 0.958. The number of nitrogens with one attached hydrogen (secondary N) is 1. The molecule has 0 spiro atoms. The average molecular weight is 285 g/mol. The molecule has 0 radical (unpaired) electrons. The summed E-state index contributed by atoms with van der Waals surface area (Å²) in [6.07, 6.45) is 0. The molecule has 0 amide bonds. The van der Waals surface area contributed by atoms with Crippen molar-refractivity contribution in [3.8, 4) is 0 Å². The van der Waals surface area contributed by atoms with Gasteiger partial charge in [-0.3, -0.25) is 0 Å². The second-order valence-electron chi connectivity index (χ2n) is 2.84. The Kier molecular flexibility index (Phi) is 3.18. The van der Waals surface area contributed by atoms with Crippen molar-refractivity contribution in [3.63, 3.8) is 0 Å². The van der Waals surface area contributed by atoms with Crippen LogP contribution in [0.3, 0.4) is 0 Å². The van der Waals surface area contributed by atoms with E-state index in [1.165, 1.54) is 0 Å². The van der Waals surface area contributed by atoms with Gasteiger partial charge in [-0.05, 0) is 39.7 Å². The van der Waals surface area contributed by atoms with Crippen molar-refractivity contribution >= 4 is 39.0 Å². The predicted octanol–water partition coefficient (Wildman–Crippen LogP) is 3.64. The normalized spacial score (nSPS) is 10.0. The highest BCUT2D eigenvalue weighted by atomic mass is 79.9. The molecular formula is C10H7BrClN3. The summed E-state index contributed by atoms with van der Waals surface area (Å²) in [5.74, 6) is 0.660. The van der Waals surface area contributed by atoms with E-state index in [0.29, 0.717) is 10.4 Å². The highest BCUT2D eigenvalue weighted by Gasteiger charge is 2.00. The lowest BCUT2D eigenvalue weighted by Gasteiger charge is -2.05. The molecule has 1 N–H and O–H groups in total. The van der Waals surface area contributed by atoms with E-state index in [-0.39, 0.29) is 5.28 Å². The highest BCUT2D eigenvalue weighted by molar-refractivity contribution is 9.10. The Balaban J connectivity index is 2.25. The van der Waals surface area contributed by atoms with Gasteiger partial charge in [0.15, 0.2) is 0 Å². The molecule has 0 aliphatic carbocycles. The zero-order valence-corrected chi connectivity index (χ0v) is 9.96. The third kappa shape index (κ3) is 2.91. The highest BCUT2D eigenvalue weighted by Crippen LogP contribution is 2.18. The first-order valence-electron chi connectivity index (χ1n) is 4.26. The van der Waals surface area contributed by atoms with E-state index in [9.17, 15) is 0 Å². The molecule has 1 heterocycles. The first kappa shape index (κ1) is 10.4. The van der Waals surface area contributed by atoms with E-state index in [4.69, 9.17) is 11.6 Å². The van der Waals surface area contributed by atoms with E-state index < -0.39 is 0 Å². The van der Waals surface area contributed by atoms with Crippen LogP contribution in [-0.4, -0.2) is 9.97 Å². The van der Waals surface area contributed by atoms with Crippen molar-refractivity contribution < 1.29 is 0 Å². The van der Waals surface area contributed by atoms with Crippen molar-refractivity contribution in [3.05, 3.63) is 46.3 Å². The van der Waals surface area contributed by atoms with Crippen LogP contribution in [0.25, 0.3) is 0 Å². The number of halogens is 2. The number of nitrogens with zero attached hydrogens (tertiary/aromatic N) is 2. The van der Waals surface area contributed by atoms with Gasteiger partial charge in [0.2, 0.25) is 5.28 Å². The van der Waals surface area contributed by atoms with Gasteiger partial charge >= 0.3 is 0 Å². The van der Waals surface area contributed by atoms with Crippen LogP contribution in [0.4, 0.5) is 11.5 Å². The maximum absolute atomic E-state index is 5.72. The Morgan fingerprint density at radius 2 is 1.87 bits per heavy atom. The molecule has 0 aliphatic rings. The Labute approximate surface area is 101 Å². The van der Waals surface area contributed by atoms with Crippen LogP contribution < -0.4 is 5.32 Å². The van der Waals surface area contributed by atoms with Crippen molar-refractivity contribution in [2.45, 2.75) is 0 Å². The van der Waals surface area contributed by atoms with Crippen LogP contribution in [0.15, 0.2) is 41.0 Å². The number of hydrogen-bond acceptors (Lipinski definition) is 3. The zero-order chi connectivity index (χ0) is 10.7. The lowest BCUT2D eigenvalue weighted by molar-refractivity contribution is 1.14. The molecule has 2 rings (SSSR count).